The van der Waals surface area contributed by atoms with E-state index in [9.17, 15) is 0 Å². The normalized spacial score (nSPS) is 17.3. The highest BCUT2D eigenvalue weighted by atomic mass is 15.2. The fourth-order valence-corrected chi connectivity index (χ4v) is 12.0. The van der Waals surface area contributed by atoms with Crippen LogP contribution in [0.2, 0.25) is 0 Å². The number of benzene rings is 8. The van der Waals surface area contributed by atoms with Gasteiger partial charge in [0.1, 0.15) is 0 Å². The van der Waals surface area contributed by atoms with Crippen molar-refractivity contribution in [2.24, 2.45) is 0 Å². The summed E-state index contributed by atoms with van der Waals surface area (Å²) in [6, 6.07) is 68.1. The second-order valence-corrected chi connectivity index (χ2v) is 20.0. The lowest BCUT2D eigenvalue weighted by Crippen LogP contribution is -2.28. The molecule has 0 aliphatic heterocycles. The molecule has 0 aromatic heterocycles. The highest BCUT2D eigenvalue weighted by Crippen LogP contribution is 2.60. The van der Waals surface area contributed by atoms with Crippen LogP contribution in [-0.2, 0) is 16.2 Å². The minimum atomic E-state index is -0.217. The summed E-state index contributed by atoms with van der Waals surface area (Å²) in [5.74, 6) is 0. The molecule has 0 bridgehead atoms. The van der Waals surface area contributed by atoms with Crippen LogP contribution >= 0.6 is 0 Å². The van der Waals surface area contributed by atoms with Crippen LogP contribution in [0.25, 0.3) is 61.2 Å². The minimum absolute atomic E-state index is 0.0713. The molecule has 0 heterocycles. The van der Waals surface area contributed by atoms with E-state index >= 15 is 0 Å². The van der Waals surface area contributed by atoms with Gasteiger partial charge in [-0.25, -0.2) is 0 Å². The number of anilines is 2. The molecule has 0 amide bonds. The predicted octanol–water partition coefficient (Wildman–Crippen LogP) is 17.1. The molecule has 318 valence electrons. The summed E-state index contributed by atoms with van der Waals surface area (Å²) in [7, 11) is 0. The Morgan fingerprint density at radius 2 is 0.954 bits per heavy atom. The number of fused-ring (bicyclic) bond motifs is 7. The molecule has 3 aliphatic rings. The third-order valence-electron chi connectivity index (χ3n) is 15.2. The van der Waals surface area contributed by atoms with Gasteiger partial charge in [-0.05, 0) is 163 Å². The van der Waals surface area contributed by atoms with Crippen molar-refractivity contribution in [3.8, 4) is 55.6 Å². The van der Waals surface area contributed by atoms with Gasteiger partial charge in [0.2, 0.25) is 0 Å². The number of hydrogen-bond donors (Lipinski definition) is 0. The Morgan fingerprint density at radius 1 is 0.400 bits per heavy atom. The van der Waals surface area contributed by atoms with Gasteiger partial charge >= 0.3 is 0 Å². The van der Waals surface area contributed by atoms with E-state index in [1.54, 1.807) is 0 Å². The monoisotopic (exact) mass is 839 g/mol. The van der Waals surface area contributed by atoms with Crippen LogP contribution in [0, 0.1) is 0 Å². The topological polar surface area (TPSA) is 3.24 Å². The highest BCUT2D eigenvalue weighted by molar-refractivity contribution is 5.99. The van der Waals surface area contributed by atoms with Crippen molar-refractivity contribution in [2.75, 3.05) is 4.90 Å². The fraction of sp³-hybridized carbons (Fsp3) is 0.188. The summed E-state index contributed by atoms with van der Waals surface area (Å²) in [6.07, 6.45) is 4.81. The van der Waals surface area contributed by atoms with Gasteiger partial charge in [-0.2, -0.15) is 0 Å². The maximum Gasteiger partial charge on any atom is 0.0500 e. The summed E-state index contributed by atoms with van der Waals surface area (Å²) in [5.41, 5.74) is 25.9. The van der Waals surface area contributed by atoms with E-state index in [-0.39, 0.29) is 22.3 Å². The van der Waals surface area contributed by atoms with Gasteiger partial charge in [0.15, 0.2) is 0 Å². The molecule has 1 nitrogen and oxygen atoms in total. The van der Waals surface area contributed by atoms with E-state index in [0.717, 1.165) is 0 Å². The van der Waals surface area contributed by atoms with E-state index in [0.29, 0.717) is 0 Å². The maximum absolute atomic E-state index is 2.58. The van der Waals surface area contributed by atoms with Crippen molar-refractivity contribution in [2.45, 2.75) is 77.7 Å². The van der Waals surface area contributed by atoms with Crippen LogP contribution in [0.3, 0.4) is 0 Å². The molecule has 0 fully saturated rings. The number of nitrogens with zero attached hydrogens (tertiary/aromatic N) is 1. The highest BCUT2D eigenvalue weighted by Gasteiger charge is 2.44. The standard InChI is InChI=1S/C64H57N/c1-9-48-50-31-19-20-33-55(50)62(3,4)57(48)35-41(2)65(46-28-17-12-18-29-46)47-30-21-27-44(36-47)49-32-22-34-56-60(49)54-40-58-52(39-59(54)63(56,5)6)53-38-45(42-23-13-10-14-24-42)37-51(61(53)64(58,7)8)43-25-15-11-16-26-43/h9-41H,1-8H3/b48-9-,57-35+. The molecule has 3 aliphatic carbocycles. The van der Waals surface area contributed by atoms with E-state index in [2.05, 4.69) is 254 Å². The van der Waals surface area contributed by atoms with Crippen molar-refractivity contribution in [1.82, 2.24) is 0 Å². The van der Waals surface area contributed by atoms with Crippen molar-refractivity contribution in [3.05, 3.63) is 233 Å². The summed E-state index contributed by atoms with van der Waals surface area (Å²) in [5, 5.41) is 0. The first-order valence-electron chi connectivity index (χ1n) is 23.5. The van der Waals surface area contributed by atoms with Crippen molar-refractivity contribution >= 4 is 16.9 Å². The summed E-state index contributed by atoms with van der Waals surface area (Å²) in [4.78, 5) is 2.52. The van der Waals surface area contributed by atoms with Crippen LogP contribution in [-0.4, -0.2) is 6.04 Å². The smallest absolute Gasteiger partial charge is 0.0500 e. The summed E-state index contributed by atoms with van der Waals surface area (Å²) in [6.45, 7) is 19.0. The lowest BCUT2D eigenvalue weighted by atomic mass is 9.77. The molecule has 11 rings (SSSR count). The Hall–Kier alpha value is -6.96. The Bertz CT molecular complexity index is 3230. The lowest BCUT2D eigenvalue weighted by Gasteiger charge is -2.32. The maximum atomic E-state index is 2.58. The van der Waals surface area contributed by atoms with Crippen LogP contribution in [0.4, 0.5) is 11.4 Å². The number of hydrogen-bond acceptors (Lipinski definition) is 1. The van der Waals surface area contributed by atoms with Crippen molar-refractivity contribution < 1.29 is 0 Å². The fourth-order valence-electron chi connectivity index (χ4n) is 12.0. The van der Waals surface area contributed by atoms with E-state index in [1.165, 1.54) is 112 Å². The number of rotatable bonds is 7. The SMILES string of the molecule is C/C=C1\C(=C/C(C)N(c2ccccc2)c2cccc(-c3cccc4c3-c3cc5c(cc3C4(C)C)-c3cc(-c4ccccc4)cc(-c4ccccc4)c3C5(C)C)c2)C(C)(C)c2ccccc21. The van der Waals surface area contributed by atoms with E-state index in [1.807, 2.05) is 0 Å². The van der Waals surface area contributed by atoms with Crippen LogP contribution < -0.4 is 4.90 Å². The van der Waals surface area contributed by atoms with E-state index in [4.69, 9.17) is 0 Å². The second-order valence-electron chi connectivity index (χ2n) is 20.0. The van der Waals surface area contributed by atoms with Gasteiger partial charge in [0, 0.05) is 33.7 Å². The largest absolute Gasteiger partial charge is 0.335 e. The Balaban J connectivity index is 1.05. The van der Waals surface area contributed by atoms with Gasteiger partial charge < -0.3 is 4.90 Å². The zero-order valence-electron chi connectivity index (χ0n) is 39.0. The van der Waals surface area contributed by atoms with Gasteiger partial charge in [0.05, 0.1) is 0 Å². The zero-order chi connectivity index (χ0) is 44.8. The third-order valence-corrected chi connectivity index (χ3v) is 15.2. The van der Waals surface area contributed by atoms with Gasteiger partial charge in [0.25, 0.3) is 0 Å². The molecule has 0 saturated heterocycles. The average molecular weight is 840 g/mol. The molecule has 8 aromatic carbocycles. The van der Waals surface area contributed by atoms with Gasteiger partial charge in [-0.3, -0.25) is 0 Å². The first-order chi connectivity index (χ1) is 31.4. The minimum Gasteiger partial charge on any atom is -0.335 e. The molecule has 1 unspecified atom stereocenters. The summed E-state index contributed by atoms with van der Waals surface area (Å²) >= 11 is 0. The van der Waals surface area contributed by atoms with Crippen molar-refractivity contribution in [1.29, 1.82) is 0 Å². The van der Waals surface area contributed by atoms with Gasteiger partial charge in [-0.15, -0.1) is 0 Å². The molecule has 0 spiro atoms. The van der Waals surface area contributed by atoms with Crippen LogP contribution in [0.1, 0.15) is 88.8 Å². The first-order valence-corrected chi connectivity index (χ1v) is 23.5. The molecule has 0 N–H and O–H groups in total. The van der Waals surface area contributed by atoms with Crippen molar-refractivity contribution in [3.63, 3.8) is 0 Å². The molecular weight excluding hydrogens is 783 g/mol. The quantitative estimate of drug-likeness (QED) is 0.155. The number of para-hydroxylation sites is 1. The molecule has 1 heteroatoms. The van der Waals surface area contributed by atoms with Crippen LogP contribution in [0.15, 0.2) is 200 Å². The first kappa shape index (κ1) is 40.8. The molecule has 8 aromatic rings. The molecule has 1 atom stereocenters. The van der Waals surface area contributed by atoms with Crippen LogP contribution in [0.5, 0.6) is 0 Å². The van der Waals surface area contributed by atoms with Gasteiger partial charge in [-0.1, -0.05) is 187 Å². The third kappa shape index (κ3) is 6.27. The molecular formula is C64H57N. The molecule has 0 radical (unpaired) electrons. The molecule has 65 heavy (non-hydrogen) atoms. The second kappa shape index (κ2) is 15.1. The predicted molar refractivity (Wildman–Crippen MR) is 277 cm³/mol. The Morgan fingerprint density at radius 3 is 1.68 bits per heavy atom. The summed E-state index contributed by atoms with van der Waals surface area (Å²) < 4.78 is 0. The molecule has 0 saturated carbocycles. The average Bonchev–Trinajstić information content (AvgIpc) is 3.80. The lowest BCUT2D eigenvalue weighted by molar-refractivity contribution is 0.652. The van der Waals surface area contributed by atoms with E-state index < -0.39 is 0 Å². The Labute approximate surface area is 386 Å². The number of allylic oxidation sites excluding steroid dienone is 3. The Kier molecular flexibility index (Phi) is 9.45. The zero-order valence-corrected chi connectivity index (χ0v) is 39.0.